The number of carboxylic acid groups (broad SMARTS) is 1. The van der Waals surface area contributed by atoms with Crippen molar-refractivity contribution < 1.29 is 29.0 Å². The summed E-state index contributed by atoms with van der Waals surface area (Å²) in [6.45, 7) is 1.75. The number of aromatic carboxylic acids is 1. The number of esters is 1. The number of carbonyl (C=O) groups is 3. The van der Waals surface area contributed by atoms with Crippen molar-refractivity contribution in [1.82, 2.24) is 0 Å². The molecule has 8 nitrogen and oxygen atoms in total. The maximum atomic E-state index is 12.4. The Hall–Kier alpha value is -3.39. The molecule has 0 aliphatic carbocycles. The van der Waals surface area contributed by atoms with Crippen LogP contribution in [0.4, 0.5) is 5.69 Å². The van der Waals surface area contributed by atoms with Gasteiger partial charge in [-0.15, -0.1) is 0 Å². The number of carboxylic acids is 1. The summed E-state index contributed by atoms with van der Waals surface area (Å²) in [7, 11) is 0. The molecule has 9 heteroatoms. The SMILES string of the molecule is CCOC(=O)COc1ccc(/C=C(/C#N)C(=O)Nc2cccc(C(=O)O)c2)cc1I. The Morgan fingerprint density at radius 1 is 1.23 bits per heavy atom. The van der Waals surface area contributed by atoms with Crippen molar-refractivity contribution in [3.8, 4) is 11.8 Å². The van der Waals surface area contributed by atoms with Crippen LogP contribution in [0, 0.1) is 14.9 Å². The van der Waals surface area contributed by atoms with Crippen LogP contribution in [0.15, 0.2) is 48.0 Å². The van der Waals surface area contributed by atoms with E-state index in [9.17, 15) is 19.6 Å². The summed E-state index contributed by atoms with van der Waals surface area (Å²) in [4.78, 5) is 34.8. The highest BCUT2D eigenvalue weighted by atomic mass is 127. The number of ether oxygens (including phenoxy) is 2. The fraction of sp³-hybridized carbons (Fsp3) is 0.143. The topological polar surface area (TPSA) is 126 Å². The van der Waals surface area contributed by atoms with Gasteiger partial charge in [0.05, 0.1) is 15.7 Å². The van der Waals surface area contributed by atoms with Gasteiger partial charge < -0.3 is 19.9 Å². The summed E-state index contributed by atoms with van der Waals surface area (Å²) < 4.78 is 10.9. The average Bonchev–Trinajstić information content (AvgIpc) is 2.71. The summed E-state index contributed by atoms with van der Waals surface area (Å²) in [6, 6.07) is 12.5. The van der Waals surface area contributed by atoms with Gasteiger partial charge in [-0.1, -0.05) is 12.1 Å². The second-order valence-corrected chi connectivity index (χ2v) is 6.96. The van der Waals surface area contributed by atoms with Crippen LogP contribution in [0.25, 0.3) is 6.08 Å². The number of nitrogens with one attached hydrogen (secondary N) is 1. The number of hydrogen-bond donors (Lipinski definition) is 2. The van der Waals surface area contributed by atoms with Crippen LogP contribution < -0.4 is 10.1 Å². The summed E-state index contributed by atoms with van der Waals surface area (Å²) in [6.07, 6.45) is 1.40. The summed E-state index contributed by atoms with van der Waals surface area (Å²) in [5.74, 6) is -1.80. The van der Waals surface area contributed by atoms with E-state index in [1.807, 2.05) is 28.7 Å². The van der Waals surface area contributed by atoms with Crippen molar-refractivity contribution in [2.75, 3.05) is 18.5 Å². The molecule has 2 aromatic carbocycles. The van der Waals surface area contributed by atoms with Gasteiger partial charge in [0.2, 0.25) is 0 Å². The zero-order valence-corrected chi connectivity index (χ0v) is 18.0. The van der Waals surface area contributed by atoms with Gasteiger partial charge in [0.1, 0.15) is 17.4 Å². The molecule has 0 unspecified atom stereocenters. The molecule has 0 aliphatic rings. The van der Waals surface area contributed by atoms with Crippen LogP contribution in [-0.2, 0) is 14.3 Å². The lowest BCUT2D eigenvalue weighted by molar-refractivity contribution is -0.145. The Balaban J connectivity index is 2.13. The van der Waals surface area contributed by atoms with Crippen molar-refractivity contribution in [2.45, 2.75) is 6.92 Å². The van der Waals surface area contributed by atoms with Crippen molar-refractivity contribution >= 4 is 52.2 Å². The van der Waals surface area contributed by atoms with Gasteiger partial charge in [-0.25, -0.2) is 9.59 Å². The van der Waals surface area contributed by atoms with E-state index in [0.717, 1.165) is 0 Å². The monoisotopic (exact) mass is 520 g/mol. The molecule has 154 valence electrons. The highest BCUT2D eigenvalue weighted by Crippen LogP contribution is 2.23. The van der Waals surface area contributed by atoms with Crippen molar-refractivity contribution in [3.05, 3.63) is 62.7 Å². The molecule has 0 aliphatic heterocycles. The molecule has 0 radical (unpaired) electrons. The molecule has 0 fully saturated rings. The Morgan fingerprint density at radius 3 is 2.63 bits per heavy atom. The van der Waals surface area contributed by atoms with Crippen molar-refractivity contribution in [2.24, 2.45) is 0 Å². The lowest BCUT2D eigenvalue weighted by Gasteiger charge is -2.09. The number of nitrogens with zero attached hydrogens (tertiary/aromatic N) is 1. The molecule has 2 N–H and O–H groups in total. The molecule has 2 aromatic rings. The lowest BCUT2D eigenvalue weighted by atomic mass is 10.1. The fourth-order valence-electron chi connectivity index (χ4n) is 2.31. The second kappa shape index (κ2) is 11.0. The van der Waals surface area contributed by atoms with E-state index in [2.05, 4.69) is 5.32 Å². The normalized spacial score (nSPS) is 10.6. The Bertz CT molecular complexity index is 1040. The van der Waals surface area contributed by atoms with E-state index in [1.54, 1.807) is 25.1 Å². The van der Waals surface area contributed by atoms with E-state index < -0.39 is 17.8 Å². The molecule has 0 saturated carbocycles. The largest absolute Gasteiger partial charge is 0.481 e. The molecule has 0 saturated heterocycles. The standard InChI is InChI=1S/C21H17IN2O6/c1-2-29-19(25)12-30-18-7-6-13(9-17(18)22)8-15(11-23)20(26)24-16-5-3-4-14(10-16)21(27)28/h3-10H,2,12H2,1H3,(H,24,26)(H,27,28)/b15-8-. The number of rotatable bonds is 8. The number of hydrogen-bond acceptors (Lipinski definition) is 6. The highest BCUT2D eigenvalue weighted by Gasteiger charge is 2.12. The zero-order chi connectivity index (χ0) is 22.1. The molecular formula is C21H17IN2O6. The Morgan fingerprint density at radius 2 is 2.00 bits per heavy atom. The quantitative estimate of drug-likeness (QED) is 0.236. The van der Waals surface area contributed by atoms with Crippen LogP contribution >= 0.6 is 22.6 Å². The van der Waals surface area contributed by atoms with E-state index in [4.69, 9.17) is 14.6 Å². The minimum absolute atomic E-state index is 0.0169. The minimum atomic E-state index is -1.12. The number of carbonyl (C=O) groups excluding carboxylic acids is 2. The van der Waals surface area contributed by atoms with E-state index >= 15 is 0 Å². The van der Waals surface area contributed by atoms with Gasteiger partial charge >= 0.3 is 11.9 Å². The number of benzene rings is 2. The molecule has 0 spiro atoms. The maximum absolute atomic E-state index is 12.4. The van der Waals surface area contributed by atoms with E-state index in [-0.39, 0.29) is 30.0 Å². The molecule has 2 rings (SSSR count). The minimum Gasteiger partial charge on any atom is -0.481 e. The Labute approximate surface area is 186 Å². The van der Waals surface area contributed by atoms with Gasteiger partial charge in [-0.05, 0) is 71.5 Å². The predicted octanol–water partition coefficient (Wildman–Crippen LogP) is 3.48. The first-order chi connectivity index (χ1) is 14.3. The lowest BCUT2D eigenvalue weighted by Crippen LogP contribution is -2.15. The Kier molecular flexibility index (Phi) is 8.37. The third kappa shape index (κ3) is 6.59. The third-order valence-electron chi connectivity index (χ3n) is 3.65. The van der Waals surface area contributed by atoms with Crippen LogP contribution in [-0.4, -0.2) is 36.2 Å². The molecule has 0 bridgehead atoms. The van der Waals surface area contributed by atoms with Gasteiger partial charge in [-0.2, -0.15) is 5.26 Å². The number of halogens is 1. The first kappa shape index (κ1) is 22.9. The number of nitriles is 1. The molecule has 0 atom stereocenters. The highest BCUT2D eigenvalue weighted by molar-refractivity contribution is 14.1. The molecular weight excluding hydrogens is 503 g/mol. The van der Waals surface area contributed by atoms with Crippen molar-refractivity contribution in [3.63, 3.8) is 0 Å². The summed E-state index contributed by atoms with van der Waals surface area (Å²) in [5, 5.41) is 20.9. The molecule has 30 heavy (non-hydrogen) atoms. The van der Waals surface area contributed by atoms with Crippen molar-refractivity contribution in [1.29, 1.82) is 5.26 Å². The van der Waals surface area contributed by atoms with Gasteiger partial charge in [0, 0.05) is 5.69 Å². The molecule has 0 aromatic heterocycles. The molecule has 1 amide bonds. The maximum Gasteiger partial charge on any atom is 0.344 e. The van der Waals surface area contributed by atoms with Crippen LogP contribution in [0.5, 0.6) is 5.75 Å². The van der Waals surface area contributed by atoms with Gasteiger partial charge in [-0.3, -0.25) is 4.79 Å². The average molecular weight is 520 g/mol. The van der Waals surface area contributed by atoms with E-state index in [0.29, 0.717) is 14.9 Å². The van der Waals surface area contributed by atoms with Gasteiger partial charge in [0.15, 0.2) is 6.61 Å². The smallest absolute Gasteiger partial charge is 0.344 e. The summed E-state index contributed by atoms with van der Waals surface area (Å²) in [5.41, 5.74) is 0.696. The van der Waals surface area contributed by atoms with Crippen LogP contribution in [0.1, 0.15) is 22.8 Å². The zero-order valence-electron chi connectivity index (χ0n) is 15.8. The molecule has 0 heterocycles. The first-order valence-electron chi connectivity index (χ1n) is 8.68. The predicted molar refractivity (Wildman–Crippen MR) is 117 cm³/mol. The third-order valence-corrected chi connectivity index (χ3v) is 4.49. The van der Waals surface area contributed by atoms with E-state index in [1.165, 1.54) is 30.3 Å². The fourth-order valence-corrected chi connectivity index (χ4v) is 3.00. The van der Waals surface area contributed by atoms with Crippen LogP contribution in [0.3, 0.4) is 0 Å². The number of amides is 1. The summed E-state index contributed by atoms with van der Waals surface area (Å²) >= 11 is 2.01. The van der Waals surface area contributed by atoms with Gasteiger partial charge in [0.25, 0.3) is 5.91 Å². The second-order valence-electron chi connectivity index (χ2n) is 5.79. The number of anilines is 1. The van der Waals surface area contributed by atoms with Crippen LogP contribution in [0.2, 0.25) is 0 Å². The first-order valence-corrected chi connectivity index (χ1v) is 9.76.